The van der Waals surface area contributed by atoms with Crippen LogP contribution in [0.25, 0.3) is 0 Å². The summed E-state index contributed by atoms with van der Waals surface area (Å²) in [5.41, 5.74) is 0. The monoisotopic (exact) mass is 140 g/mol. The van der Waals surface area contributed by atoms with Crippen LogP contribution in [-0.2, 0) is 9.84 Å². The Hall–Kier alpha value is -0.0200. The molecule has 0 aromatic heterocycles. The molecular formula is C3H5ClO2S. The first-order valence-electron chi connectivity index (χ1n) is 1.49. The van der Waals surface area contributed by atoms with Crippen LogP contribution in [0.1, 0.15) is 0 Å². The number of hydrogen-bond donors (Lipinski definition) is 0. The molecular weight excluding hydrogens is 136 g/mol. The lowest BCUT2D eigenvalue weighted by Gasteiger charge is -1.85. The lowest BCUT2D eigenvalue weighted by atomic mass is 11.3. The molecule has 0 amide bonds. The molecule has 0 aliphatic rings. The Balaban J connectivity index is 4.43. The van der Waals surface area contributed by atoms with E-state index < -0.39 is 9.84 Å². The van der Waals surface area contributed by atoms with Crippen molar-refractivity contribution in [1.82, 2.24) is 0 Å². The molecule has 0 saturated heterocycles. The van der Waals surface area contributed by atoms with E-state index in [1.807, 2.05) is 0 Å². The molecule has 4 heteroatoms. The van der Waals surface area contributed by atoms with E-state index in [4.69, 9.17) is 11.6 Å². The third-order valence-electron chi connectivity index (χ3n) is 0.402. The molecule has 0 saturated carbocycles. The molecule has 0 spiro atoms. The van der Waals surface area contributed by atoms with Gasteiger partial charge in [0.2, 0.25) is 0 Å². The first-order valence-corrected chi connectivity index (χ1v) is 3.76. The minimum atomic E-state index is -3.17. The quantitative estimate of drug-likeness (QED) is 0.539. The molecule has 0 N–H and O–H groups in total. The zero-order valence-corrected chi connectivity index (χ0v) is 5.38. The van der Waals surface area contributed by atoms with Crippen molar-refractivity contribution in [3.8, 4) is 0 Å². The van der Waals surface area contributed by atoms with E-state index in [0.717, 1.165) is 6.26 Å². The SMILES string of the molecule is C=C(Cl)S(C)(=O)=O. The molecule has 0 bridgehead atoms. The lowest BCUT2D eigenvalue weighted by molar-refractivity contribution is 0.609. The summed E-state index contributed by atoms with van der Waals surface area (Å²) in [6.45, 7) is 3.00. The summed E-state index contributed by atoms with van der Waals surface area (Å²) in [5, 5.41) is 0. The van der Waals surface area contributed by atoms with E-state index in [-0.39, 0.29) is 4.36 Å². The Kier molecular flexibility index (Phi) is 1.83. The number of sulfone groups is 1. The molecule has 0 aliphatic heterocycles. The summed E-state index contributed by atoms with van der Waals surface area (Å²) in [5.74, 6) is 0. The predicted octanol–water partition coefficient (Wildman–Crippen LogP) is 0.741. The van der Waals surface area contributed by atoms with Crippen LogP contribution >= 0.6 is 11.6 Å². The fourth-order valence-electron chi connectivity index (χ4n) is 0. The predicted molar refractivity (Wildman–Crippen MR) is 29.8 cm³/mol. The summed E-state index contributed by atoms with van der Waals surface area (Å²) >= 11 is 4.97. The number of halogens is 1. The fraction of sp³-hybridized carbons (Fsp3) is 0.333. The maximum Gasteiger partial charge on any atom is 0.185 e. The van der Waals surface area contributed by atoms with E-state index in [1.165, 1.54) is 0 Å². The Bertz CT molecular complexity index is 167. The second kappa shape index (κ2) is 1.84. The van der Waals surface area contributed by atoms with Gasteiger partial charge in [-0.2, -0.15) is 0 Å². The molecule has 0 aromatic rings. The van der Waals surface area contributed by atoms with Gasteiger partial charge in [-0.15, -0.1) is 0 Å². The van der Waals surface area contributed by atoms with Gasteiger partial charge in [0.1, 0.15) is 4.36 Å². The molecule has 0 fully saturated rings. The van der Waals surface area contributed by atoms with E-state index in [9.17, 15) is 8.42 Å². The van der Waals surface area contributed by atoms with Crippen molar-refractivity contribution in [3.05, 3.63) is 10.9 Å². The average Bonchev–Trinajstić information content (AvgIpc) is 1.31. The van der Waals surface area contributed by atoms with Gasteiger partial charge in [-0.3, -0.25) is 0 Å². The average molecular weight is 141 g/mol. The maximum absolute atomic E-state index is 10.1. The summed E-state index contributed by atoms with van der Waals surface area (Å²) in [6.07, 6.45) is 1.00. The zero-order valence-electron chi connectivity index (χ0n) is 3.81. The molecule has 0 aromatic carbocycles. The van der Waals surface area contributed by atoms with Crippen LogP contribution in [0.3, 0.4) is 0 Å². The van der Waals surface area contributed by atoms with E-state index in [1.54, 1.807) is 0 Å². The molecule has 7 heavy (non-hydrogen) atoms. The number of hydrogen-bond acceptors (Lipinski definition) is 2. The minimum absolute atomic E-state index is 0.312. The zero-order chi connectivity index (χ0) is 6.08. The van der Waals surface area contributed by atoms with Crippen LogP contribution in [0.4, 0.5) is 0 Å². The van der Waals surface area contributed by atoms with Crippen molar-refractivity contribution >= 4 is 21.4 Å². The van der Waals surface area contributed by atoms with Crippen LogP contribution in [0.5, 0.6) is 0 Å². The van der Waals surface area contributed by atoms with Gasteiger partial charge in [-0.25, -0.2) is 8.42 Å². The molecule has 0 atom stereocenters. The van der Waals surface area contributed by atoms with Crippen molar-refractivity contribution < 1.29 is 8.42 Å². The van der Waals surface area contributed by atoms with Gasteiger partial charge in [0, 0.05) is 6.26 Å². The highest BCUT2D eigenvalue weighted by Crippen LogP contribution is 2.03. The Morgan fingerprint density at radius 2 is 1.86 bits per heavy atom. The van der Waals surface area contributed by atoms with Crippen LogP contribution in [0.2, 0.25) is 0 Å². The van der Waals surface area contributed by atoms with Gasteiger partial charge < -0.3 is 0 Å². The highest BCUT2D eigenvalue weighted by atomic mass is 35.5. The van der Waals surface area contributed by atoms with E-state index in [2.05, 4.69) is 6.58 Å². The third-order valence-corrected chi connectivity index (χ3v) is 2.05. The third kappa shape index (κ3) is 2.65. The second-order valence-corrected chi connectivity index (χ2v) is 3.84. The van der Waals surface area contributed by atoms with Crippen LogP contribution in [0.15, 0.2) is 10.9 Å². The van der Waals surface area contributed by atoms with Crippen LogP contribution in [0, 0.1) is 0 Å². The molecule has 0 aliphatic carbocycles. The summed E-state index contributed by atoms with van der Waals surface area (Å²) < 4.78 is 19.9. The second-order valence-electron chi connectivity index (χ2n) is 1.13. The Morgan fingerprint density at radius 3 is 1.86 bits per heavy atom. The van der Waals surface area contributed by atoms with Gasteiger partial charge >= 0.3 is 0 Å². The highest BCUT2D eigenvalue weighted by molar-refractivity contribution is 7.96. The van der Waals surface area contributed by atoms with Crippen molar-refractivity contribution in [2.45, 2.75) is 0 Å². The van der Waals surface area contributed by atoms with Gasteiger partial charge in [-0.05, 0) is 0 Å². The normalized spacial score (nSPS) is 11.1. The van der Waals surface area contributed by atoms with Crippen molar-refractivity contribution in [3.63, 3.8) is 0 Å². The Labute approximate surface area is 47.7 Å². The molecule has 0 radical (unpaired) electrons. The molecule has 42 valence electrons. The number of rotatable bonds is 1. The standard InChI is InChI=1S/C3H5ClO2S/c1-3(4)7(2,5)6/h1H2,2H3. The van der Waals surface area contributed by atoms with Gasteiger partial charge in [0.15, 0.2) is 9.84 Å². The smallest absolute Gasteiger partial charge is 0.185 e. The van der Waals surface area contributed by atoms with Crippen LogP contribution < -0.4 is 0 Å². The highest BCUT2D eigenvalue weighted by Gasteiger charge is 2.01. The summed E-state index contributed by atoms with van der Waals surface area (Å²) in [6, 6.07) is 0. The lowest BCUT2D eigenvalue weighted by Crippen LogP contribution is -1.91. The minimum Gasteiger partial charge on any atom is -0.223 e. The molecule has 0 unspecified atom stereocenters. The van der Waals surface area contributed by atoms with E-state index >= 15 is 0 Å². The van der Waals surface area contributed by atoms with Crippen LogP contribution in [-0.4, -0.2) is 14.7 Å². The van der Waals surface area contributed by atoms with Gasteiger partial charge in [-0.1, -0.05) is 18.2 Å². The van der Waals surface area contributed by atoms with Crippen molar-refractivity contribution in [2.75, 3.05) is 6.26 Å². The maximum atomic E-state index is 10.1. The largest absolute Gasteiger partial charge is 0.223 e. The summed E-state index contributed by atoms with van der Waals surface area (Å²) in [7, 11) is -3.17. The topological polar surface area (TPSA) is 34.1 Å². The first-order chi connectivity index (χ1) is 2.94. The van der Waals surface area contributed by atoms with Gasteiger partial charge in [0.05, 0.1) is 0 Å². The van der Waals surface area contributed by atoms with Gasteiger partial charge in [0.25, 0.3) is 0 Å². The first kappa shape index (κ1) is 6.98. The Morgan fingerprint density at radius 1 is 1.71 bits per heavy atom. The molecule has 0 heterocycles. The van der Waals surface area contributed by atoms with Crippen molar-refractivity contribution in [1.29, 1.82) is 0 Å². The molecule has 0 rings (SSSR count). The van der Waals surface area contributed by atoms with E-state index in [0.29, 0.717) is 0 Å². The summed E-state index contributed by atoms with van der Waals surface area (Å²) in [4.78, 5) is 0. The molecule has 2 nitrogen and oxygen atoms in total. The fourth-order valence-corrected chi connectivity index (χ4v) is 0. The van der Waals surface area contributed by atoms with Crippen molar-refractivity contribution in [2.24, 2.45) is 0 Å².